The number of rotatable bonds is 3. The second-order valence-corrected chi connectivity index (χ2v) is 4.23. The van der Waals surface area contributed by atoms with Gasteiger partial charge in [0.2, 0.25) is 0 Å². The highest BCUT2D eigenvalue weighted by molar-refractivity contribution is 5.97. The van der Waals surface area contributed by atoms with Gasteiger partial charge in [0.05, 0.1) is 5.69 Å². The Bertz CT molecular complexity index is 483. The fourth-order valence-electron chi connectivity index (χ4n) is 1.71. The molecule has 2 amide bonds. The van der Waals surface area contributed by atoms with Gasteiger partial charge in [0.1, 0.15) is 5.56 Å². The topological polar surface area (TPSA) is 98.7 Å². The maximum atomic E-state index is 11.6. The predicted octanol–water partition coefficient (Wildman–Crippen LogP) is 1.76. The van der Waals surface area contributed by atoms with Crippen LogP contribution in [0.25, 0.3) is 0 Å². The molecule has 1 aliphatic carbocycles. The average molecular weight is 250 g/mol. The maximum absolute atomic E-state index is 11.6. The number of hydrogen-bond acceptors (Lipinski definition) is 3. The van der Waals surface area contributed by atoms with E-state index >= 15 is 0 Å². The van der Waals surface area contributed by atoms with Crippen LogP contribution in [0.15, 0.2) is 18.2 Å². The van der Waals surface area contributed by atoms with Gasteiger partial charge in [0.25, 0.3) is 0 Å². The van der Waals surface area contributed by atoms with Crippen LogP contribution >= 0.6 is 0 Å². The van der Waals surface area contributed by atoms with E-state index < -0.39 is 17.7 Å². The Hall–Kier alpha value is -2.24. The molecule has 6 heteroatoms. The van der Waals surface area contributed by atoms with Crippen molar-refractivity contribution in [3.8, 4) is 5.75 Å². The van der Waals surface area contributed by atoms with E-state index in [2.05, 4.69) is 10.6 Å². The van der Waals surface area contributed by atoms with Gasteiger partial charge in [-0.3, -0.25) is 0 Å². The Balaban J connectivity index is 2.06. The number of amides is 2. The van der Waals surface area contributed by atoms with Crippen molar-refractivity contribution in [2.75, 3.05) is 5.32 Å². The smallest absolute Gasteiger partial charge is 0.339 e. The standard InChI is InChI=1S/C12H14N2O4/c15-10-8(11(16)17)5-2-6-9(10)14-12(18)13-7-3-1-4-7/h2,5-7,15H,1,3-4H2,(H,16,17)(H2,13,14,18). The molecular weight excluding hydrogens is 236 g/mol. The largest absolute Gasteiger partial charge is 0.505 e. The van der Waals surface area contributed by atoms with E-state index in [1.165, 1.54) is 18.2 Å². The minimum Gasteiger partial charge on any atom is -0.505 e. The molecule has 0 saturated heterocycles. The molecule has 18 heavy (non-hydrogen) atoms. The third-order valence-electron chi connectivity index (χ3n) is 2.96. The number of carbonyl (C=O) groups is 2. The summed E-state index contributed by atoms with van der Waals surface area (Å²) in [5.41, 5.74) is -0.150. The van der Waals surface area contributed by atoms with Gasteiger partial charge >= 0.3 is 12.0 Å². The van der Waals surface area contributed by atoms with Crippen LogP contribution in [0.4, 0.5) is 10.5 Å². The van der Waals surface area contributed by atoms with E-state index in [-0.39, 0.29) is 17.3 Å². The first kappa shape index (κ1) is 12.2. The fourth-order valence-corrected chi connectivity index (χ4v) is 1.71. The van der Waals surface area contributed by atoms with Gasteiger partial charge in [0.15, 0.2) is 5.75 Å². The molecule has 0 radical (unpaired) electrons. The van der Waals surface area contributed by atoms with Crippen molar-refractivity contribution in [1.82, 2.24) is 5.32 Å². The van der Waals surface area contributed by atoms with E-state index in [1.54, 1.807) is 0 Å². The summed E-state index contributed by atoms with van der Waals surface area (Å²) in [4.78, 5) is 22.4. The molecule has 1 aromatic rings. The molecule has 0 spiro atoms. The second kappa shape index (κ2) is 4.95. The summed E-state index contributed by atoms with van der Waals surface area (Å²) in [6.07, 6.45) is 3.01. The molecule has 96 valence electrons. The van der Waals surface area contributed by atoms with E-state index in [0.29, 0.717) is 0 Å². The molecule has 0 heterocycles. The van der Waals surface area contributed by atoms with Crippen LogP contribution in [0.1, 0.15) is 29.6 Å². The molecule has 1 saturated carbocycles. The number of carboxylic acid groups (broad SMARTS) is 1. The third kappa shape index (κ3) is 2.53. The summed E-state index contributed by atoms with van der Waals surface area (Å²) in [5, 5.41) is 23.7. The van der Waals surface area contributed by atoms with Crippen molar-refractivity contribution in [3.05, 3.63) is 23.8 Å². The van der Waals surface area contributed by atoms with E-state index in [1.807, 2.05) is 0 Å². The first-order valence-corrected chi connectivity index (χ1v) is 5.70. The minimum atomic E-state index is -1.24. The lowest BCUT2D eigenvalue weighted by Crippen LogP contribution is -2.41. The molecule has 2 rings (SSSR count). The summed E-state index contributed by atoms with van der Waals surface area (Å²) in [6.45, 7) is 0. The Morgan fingerprint density at radius 3 is 2.56 bits per heavy atom. The fraction of sp³-hybridized carbons (Fsp3) is 0.333. The predicted molar refractivity (Wildman–Crippen MR) is 64.9 cm³/mol. The lowest BCUT2D eigenvalue weighted by atomic mass is 9.93. The Morgan fingerprint density at radius 2 is 2.00 bits per heavy atom. The summed E-state index contributed by atoms with van der Waals surface area (Å²) >= 11 is 0. The molecule has 1 aromatic carbocycles. The number of phenols is 1. The Kier molecular flexibility index (Phi) is 3.36. The van der Waals surface area contributed by atoms with Crippen LogP contribution in [0.5, 0.6) is 5.75 Å². The van der Waals surface area contributed by atoms with Crippen LogP contribution in [0.2, 0.25) is 0 Å². The van der Waals surface area contributed by atoms with Crippen molar-refractivity contribution in [2.24, 2.45) is 0 Å². The molecule has 6 nitrogen and oxygen atoms in total. The summed E-state index contributed by atoms with van der Waals surface area (Å²) in [5.74, 6) is -1.68. The van der Waals surface area contributed by atoms with Crippen molar-refractivity contribution in [2.45, 2.75) is 25.3 Å². The molecule has 0 atom stereocenters. The van der Waals surface area contributed by atoms with Gasteiger partial charge in [-0.15, -0.1) is 0 Å². The molecule has 0 unspecified atom stereocenters. The first-order chi connectivity index (χ1) is 8.58. The number of hydrogen-bond donors (Lipinski definition) is 4. The summed E-state index contributed by atoms with van der Waals surface area (Å²) in [7, 11) is 0. The average Bonchev–Trinajstić information content (AvgIpc) is 2.26. The van der Waals surface area contributed by atoms with Gasteiger partial charge in [-0.05, 0) is 31.4 Å². The maximum Gasteiger partial charge on any atom is 0.339 e. The van der Waals surface area contributed by atoms with E-state index in [4.69, 9.17) is 5.11 Å². The highest BCUT2D eigenvalue weighted by Gasteiger charge is 2.20. The van der Waals surface area contributed by atoms with Crippen LogP contribution in [0.3, 0.4) is 0 Å². The first-order valence-electron chi connectivity index (χ1n) is 5.70. The molecule has 4 N–H and O–H groups in total. The van der Waals surface area contributed by atoms with Crippen LogP contribution < -0.4 is 10.6 Å². The molecule has 0 bridgehead atoms. The van der Waals surface area contributed by atoms with Crippen molar-refractivity contribution in [3.63, 3.8) is 0 Å². The number of anilines is 1. The Labute approximate surface area is 104 Å². The molecule has 0 aliphatic heterocycles. The van der Waals surface area contributed by atoms with Gasteiger partial charge in [-0.25, -0.2) is 9.59 Å². The lowest BCUT2D eigenvalue weighted by Gasteiger charge is -2.26. The number of para-hydroxylation sites is 1. The number of aromatic hydroxyl groups is 1. The number of benzene rings is 1. The highest BCUT2D eigenvalue weighted by atomic mass is 16.4. The van der Waals surface area contributed by atoms with E-state index in [9.17, 15) is 14.7 Å². The number of nitrogens with one attached hydrogen (secondary N) is 2. The molecule has 0 aromatic heterocycles. The Morgan fingerprint density at radius 1 is 1.28 bits per heavy atom. The number of urea groups is 1. The SMILES string of the molecule is O=C(Nc1cccc(C(=O)O)c1O)NC1CCC1. The van der Waals surface area contributed by atoms with Crippen LogP contribution in [-0.4, -0.2) is 28.3 Å². The second-order valence-electron chi connectivity index (χ2n) is 4.23. The van der Waals surface area contributed by atoms with Gasteiger partial charge in [0, 0.05) is 6.04 Å². The molecule has 1 fully saturated rings. The van der Waals surface area contributed by atoms with E-state index in [0.717, 1.165) is 19.3 Å². The number of carbonyl (C=O) groups excluding carboxylic acids is 1. The van der Waals surface area contributed by atoms with Crippen molar-refractivity contribution >= 4 is 17.7 Å². The van der Waals surface area contributed by atoms with Gasteiger partial charge in [-0.2, -0.15) is 0 Å². The van der Waals surface area contributed by atoms with Crippen LogP contribution in [-0.2, 0) is 0 Å². The summed E-state index contributed by atoms with van der Waals surface area (Å²) < 4.78 is 0. The molecular formula is C12H14N2O4. The van der Waals surface area contributed by atoms with Gasteiger partial charge < -0.3 is 20.8 Å². The van der Waals surface area contributed by atoms with Gasteiger partial charge in [-0.1, -0.05) is 6.07 Å². The van der Waals surface area contributed by atoms with Crippen molar-refractivity contribution < 1.29 is 19.8 Å². The third-order valence-corrected chi connectivity index (χ3v) is 2.96. The normalized spacial score (nSPS) is 14.7. The number of carboxylic acids is 1. The van der Waals surface area contributed by atoms with Crippen LogP contribution in [0, 0.1) is 0 Å². The highest BCUT2D eigenvalue weighted by Crippen LogP contribution is 2.27. The lowest BCUT2D eigenvalue weighted by molar-refractivity contribution is 0.0693. The van der Waals surface area contributed by atoms with Crippen molar-refractivity contribution in [1.29, 1.82) is 0 Å². The molecule has 1 aliphatic rings. The quantitative estimate of drug-likeness (QED) is 0.614. The zero-order chi connectivity index (χ0) is 13.1. The minimum absolute atomic E-state index is 0.0896. The number of aromatic carboxylic acids is 1. The summed E-state index contributed by atoms with van der Waals surface area (Å²) in [6, 6.07) is 3.92. The zero-order valence-electron chi connectivity index (χ0n) is 9.64. The zero-order valence-corrected chi connectivity index (χ0v) is 9.64. The monoisotopic (exact) mass is 250 g/mol.